The van der Waals surface area contributed by atoms with Crippen LogP contribution in [0.4, 0.5) is 0 Å². The van der Waals surface area contributed by atoms with Crippen LogP contribution in [0.1, 0.15) is 24.0 Å². The molecule has 126 valence electrons. The second-order valence-corrected chi connectivity index (χ2v) is 6.99. The van der Waals surface area contributed by atoms with Gasteiger partial charge < -0.3 is 10.2 Å². The molecule has 1 aromatic heterocycles. The van der Waals surface area contributed by atoms with Crippen LogP contribution in [-0.4, -0.2) is 40.2 Å². The van der Waals surface area contributed by atoms with Gasteiger partial charge in [0.25, 0.3) is 5.91 Å². The number of carbonyl (C=O) groups excluding carboxylic acids is 1. The number of nitrogens with zero attached hydrogens (tertiary/aromatic N) is 3. The summed E-state index contributed by atoms with van der Waals surface area (Å²) in [6, 6.07) is 7.85. The van der Waals surface area contributed by atoms with E-state index in [0.29, 0.717) is 13.1 Å². The molecule has 2 aliphatic heterocycles. The maximum absolute atomic E-state index is 13.5. The highest BCUT2D eigenvalue weighted by Gasteiger charge is 2.44. The molecule has 0 saturated carbocycles. The van der Waals surface area contributed by atoms with E-state index in [4.69, 9.17) is 11.6 Å². The Morgan fingerprint density at radius 3 is 2.83 bits per heavy atom. The molecule has 1 amide bonds. The zero-order valence-electron chi connectivity index (χ0n) is 13.5. The normalized spacial score (nSPS) is 19.8. The molecule has 0 aliphatic carbocycles. The molecule has 2 aromatic rings. The molecule has 0 atom stereocenters. The van der Waals surface area contributed by atoms with Crippen LogP contribution < -0.4 is 5.32 Å². The molecule has 5 nitrogen and oxygen atoms in total. The molecule has 3 heterocycles. The van der Waals surface area contributed by atoms with Crippen LogP contribution in [0.2, 0.25) is 5.02 Å². The summed E-state index contributed by atoms with van der Waals surface area (Å²) in [7, 11) is 0. The highest BCUT2D eigenvalue weighted by molar-refractivity contribution is 6.31. The van der Waals surface area contributed by atoms with E-state index in [0.717, 1.165) is 42.9 Å². The first kappa shape index (κ1) is 15.7. The van der Waals surface area contributed by atoms with Gasteiger partial charge in [-0.15, -0.1) is 0 Å². The van der Waals surface area contributed by atoms with Crippen LogP contribution >= 0.6 is 11.6 Å². The van der Waals surface area contributed by atoms with Gasteiger partial charge >= 0.3 is 0 Å². The first-order valence-electron chi connectivity index (χ1n) is 8.47. The number of halogens is 1. The average molecular weight is 345 g/mol. The molecule has 2 aliphatic rings. The number of hydrogen-bond acceptors (Lipinski definition) is 3. The summed E-state index contributed by atoms with van der Waals surface area (Å²) < 4.78 is 1.86. The third-order valence-electron chi connectivity index (χ3n) is 5.27. The Morgan fingerprint density at radius 2 is 2.08 bits per heavy atom. The largest absolute Gasteiger partial charge is 0.336 e. The molecule has 0 spiro atoms. The zero-order valence-corrected chi connectivity index (χ0v) is 14.3. The maximum atomic E-state index is 13.5. The Hall–Kier alpha value is -1.85. The smallest absolute Gasteiger partial charge is 0.250 e. The summed E-state index contributed by atoms with van der Waals surface area (Å²) in [5.41, 5.74) is 1.78. The fourth-order valence-corrected chi connectivity index (χ4v) is 4.22. The fraction of sp³-hybridized carbons (Fsp3) is 0.444. The van der Waals surface area contributed by atoms with Gasteiger partial charge in [-0.25, -0.2) is 0 Å². The predicted octanol–water partition coefficient (Wildman–Crippen LogP) is 2.20. The Bertz CT molecular complexity index is 737. The molecular weight excluding hydrogens is 324 g/mol. The number of rotatable bonds is 2. The van der Waals surface area contributed by atoms with Gasteiger partial charge in [0.05, 0.1) is 0 Å². The van der Waals surface area contributed by atoms with E-state index >= 15 is 0 Å². The van der Waals surface area contributed by atoms with Crippen molar-refractivity contribution in [1.82, 2.24) is 20.0 Å². The number of aromatic nitrogens is 2. The lowest BCUT2D eigenvalue weighted by Gasteiger charge is -2.41. The topological polar surface area (TPSA) is 50.2 Å². The molecule has 1 aromatic carbocycles. The third-order valence-corrected chi connectivity index (χ3v) is 5.62. The molecular formula is C18H21ClN4O. The number of piperidine rings is 1. The van der Waals surface area contributed by atoms with Gasteiger partial charge in [-0.1, -0.05) is 23.7 Å². The van der Waals surface area contributed by atoms with Crippen molar-refractivity contribution in [3.8, 4) is 0 Å². The second-order valence-electron chi connectivity index (χ2n) is 6.59. The zero-order chi connectivity index (χ0) is 16.6. The highest BCUT2D eigenvalue weighted by atomic mass is 35.5. The van der Waals surface area contributed by atoms with E-state index in [1.54, 1.807) is 6.20 Å². The maximum Gasteiger partial charge on any atom is 0.250 e. The van der Waals surface area contributed by atoms with Gasteiger partial charge in [0.15, 0.2) is 0 Å². The van der Waals surface area contributed by atoms with Crippen LogP contribution in [0, 0.1) is 0 Å². The van der Waals surface area contributed by atoms with Crippen LogP contribution in [0.5, 0.6) is 0 Å². The van der Waals surface area contributed by atoms with E-state index in [-0.39, 0.29) is 5.91 Å². The minimum Gasteiger partial charge on any atom is -0.336 e. The minimum atomic E-state index is -0.565. The van der Waals surface area contributed by atoms with Crippen molar-refractivity contribution in [2.75, 3.05) is 19.6 Å². The molecule has 1 fully saturated rings. The Labute approximate surface area is 146 Å². The second kappa shape index (κ2) is 6.22. The molecule has 24 heavy (non-hydrogen) atoms. The molecule has 0 unspecified atom stereocenters. The number of benzene rings is 1. The monoisotopic (exact) mass is 344 g/mol. The van der Waals surface area contributed by atoms with Crippen molar-refractivity contribution in [3.05, 3.63) is 52.8 Å². The minimum absolute atomic E-state index is 0.179. The van der Waals surface area contributed by atoms with E-state index < -0.39 is 5.54 Å². The van der Waals surface area contributed by atoms with Gasteiger partial charge in [0.1, 0.15) is 5.54 Å². The van der Waals surface area contributed by atoms with Gasteiger partial charge in [-0.3, -0.25) is 9.48 Å². The van der Waals surface area contributed by atoms with Gasteiger partial charge in [0, 0.05) is 30.5 Å². The van der Waals surface area contributed by atoms with Crippen molar-refractivity contribution >= 4 is 17.5 Å². The van der Waals surface area contributed by atoms with Crippen molar-refractivity contribution in [1.29, 1.82) is 0 Å². The van der Waals surface area contributed by atoms with Crippen LogP contribution in [0.25, 0.3) is 0 Å². The summed E-state index contributed by atoms with van der Waals surface area (Å²) in [5, 5.41) is 8.57. The van der Waals surface area contributed by atoms with Crippen molar-refractivity contribution in [3.63, 3.8) is 0 Å². The van der Waals surface area contributed by atoms with E-state index in [9.17, 15) is 4.79 Å². The number of amides is 1. The third kappa shape index (κ3) is 2.52. The lowest BCUT2D eigenvalue weighted by molar-refractivity contribution is -0.144. The quantitative estimate of drug-likeness (QED) is 0.908. The number of hydrogen-bond donors (Lipinski definition) is 1. The van der Waals surface area contributed by atoms with Gasteiger partial charge in [-0.2, -0.15) is 5.10 Å². The van der Waals surface area contributed by atoms with Crippen molar-refractivity contribution in [2.24, 2.45) is 0 Å². The number of fused-ring (bicyclic) bond motifs is 1. The molecule has 1 saturated heterocycles. The molecule has 1 N–H and O–H groups in total. The van der Waals surface area contributed by atoms with E-state index in [2.05, 4.69) is 16.5 Å². The highest BCUT2D eigenvalue weighted by Crippen LogP contribution is 2.33. The summed E-state index contributed by atoms with van der Waals surface area (Å²) >= 11 is 6.30. The average Bonchev–Trinajstić information content (AvgIpc) is 3.17. The van der Waals surface area contributed by atoms with Crippen LogP contribution in [0.15, 0.2) is 36.7 Å². The molecule has 6 heteroatoms. The molecule has 0 bridgehead atoms. The van der Waals surface area contributed by atoms with E-state index in [1.807, 2.05) is 34.0 Å². The number of nitrogens with one attached hydrogen (secondary N) is 1. The predicted molar refractivity (Wildman–Crippen MR) is 92.9 cm³/mol. The Morgan fingerprint density at radius 1 is 1.25 bits per heavy atom. The lowest BCUT2D eigenvalue weighted by atomic mass is 9.85. The molecule has 4 rings (SSSR count). The summed E-state index contributed by atoms with van der Waals surface area (Å²) in [4.78, 5) is 15.5. The SMILES string of the molecule is O=C(N1CCc2c(Cl)cccc2C1)C1(n2cccn2)CCNCC1. The van der Waals surface area contributed by atoms with Crippen LogP contribution in [0.3, 0.4) is 0 Å². The fourth-order valence-electron chi connectivity index (χ4n) is 3.93. The first-order valence-corrected chi connectivity index (χ1v) is 8.85. The first-order chi connectivity index (χ1) is 11.7. The van der Waals surface area contributed by atoms with Crippen molar-refractivity contribution in [2.45, 2.75) is 31.3 Å². The lowest BCUT2D eigenvalue weighted by Crippen LogP contribution is -2.56. The standard InChI is InChI=1S/C18H21ClN4O/c19-16-4-1-3-14-13-22(12-5-15(14)16)17(24)18(6-9-20-10-7-18)23-11-2-8-21-23/h1-4,8,11,20H,5-7,9-10,12-13H2. The molecule has 0 radical (unpaired) electrons. The van der Waals surface area contributed by atoms with Crippen molar-refractivity contribution < 1.29 is 4.79 Å². The van der Waals surface area contributed by atoms with Gasteiger partial charge in [0.2, 0.25) is 0 Å². The van der Waals surface area contributed by atoms with Gasteiger partial charge in [-0.05, 0) is 55.6 Å². The Balaban J connectivity index is 1.64. The Kier molecular flexibility index (Phi) is 4.06. The summed E-state index contributed by atoms with van der Waals surface area (Å²) in [6.45, 7) is 3.01. The van der Waals surface area contributed by atoms with Crippen LogP contribution in [-0.2, 0) is 23.3 Å². The summed E-state index contributed by atoms with van der Waals surface area (Å²) in [5.74, 6) is 0.179. The number of carbonyl (C=O) groups is 1. The summed E-state index contributed by atoms with van der Waals surface area (Å²) in [6.07, 6.45) is 6.02. The van der Waals surface area contributed by atoms with E-state index in [1.165, 1.54) is 5.56 Å².